The quantitative estimate of drug-likeness (QED) is 0.593. The van der Waals surface area contributed by atoms with Crippen LogP contribution in [0.2, 0.25) is 5.02 Å². The molecular weight excluding hydrogens is 443 g/mol. The first-order valence-electron chi connectivity index (χ1n) is 11.4. The SMILES string of the molecule is CC(OC(=O)N1CCC2(CC1)CN(Cc1cc(Cl)cc(N3CCCCC3)c1)C2)C(F)(F)F. The first-order valence-corrected chi connectivity index (χ1v) is 11.8. The lowest BCUT2D eigenvalue weighted by atomic mass is 9.72. The molecule has 4 rings (SSSR count). The van der Waals surface area contributed by atoms with Crippen LogP contribution in [0.4, 0.5) is 23.7 Å². The average molecular weight is 474 g/mol. The van der Waals surface area contributed by atoms with Crippen LogP contribution in [-0.2, 0) is 11.3 Å². The molecule has 178 valence electrons. The third kappa shape index (κ3) is 5.45. The Morgan fingerprint density at radius 1 is 1.09 bits per heavy atom. The van der Waals surface area contributed by atoms with Crippen LogP contribution in [0.15, 0.2) is 18.2 Å². The molecule has 1 amide bonds. The molecular formula is C23H31ClF3N3O2. The number of likely N-dealkylation sites (tertiary alicyclic amines) is 2. The van der Waals surface area contributed by atoms with Gasteiger partial charge in [0.05, 0.1) is 0 Å². The van der Waals surface area contributed by atoms with Crippen molar-refractivity contribution in [1.82, 2.24) is 9.80 Å². The van der Waals surface area contributed by atoms with E-state index in [2.05, 4.69) is 20.6 Å². The fourth-order valence-corrected chi connectivity index (χ4v) is 5.36. The number of piperidine rings is 2. The van der Waals surface area contributed by atoms with Crippen LogP contribution < -0.4 is 4.90 Å². The molecule has 1 spiro atoms. The number of hydrogen-bond acceptors (Lipinski definition) is 4. The predicted octanol–water partition coefficient (Wildman–Crippen LogP) is 5.32. The van der Waals surface area contributed by atoms with E-state index in [1.165, 1.54) is 35.4 Å². The van der Waals surface area contributed by atoms with Gasteiger partial charge in [0.1, 0.15) is 0 Å². The van der Waals surface area contributed by atoms with Crippen molar-refractivity contribution in [3.8, 4) is 0 Å². The van der Waals surface area contributed by atoms with Gasteiger partial charge in [-0.2, -0.15) is 13.2 Å². The van der Waals surface area contributed by atoms with E-state index in [4.69, 9.17) is 11.6 Å². The molecule has 1 atom stereocenters. The van der Waals surface area contributed by atoms with Gasteiger partial charge in [-0.3, -0.25) is 4.90 Å². The first kappa shape index (κ1) is 23.5. The zero-order chi connectivity index (χ0) is 22.9. The Labute approximate surface area is 192 Å². The van der Waals surface area contributed by atoms with Gasteiger partial charge in [-0.15, -0.1) is 0 Å². The lowest BCUT2D eigenvalue weighted by Crippen LogP contribution is -2.60. The number of benzene rings is 1. The zero-order valence-electron chi connectivity index (χ0n) is 18.5. The third-order valence-corrected chi connectivity index (χ3v) is 7.23. The molecule has 0 bridgehead atoms. The van der Waals surface area contributed by atoms with Gasteiger partial charge in [0, 0.05) is 56.5 Å². The topological polar surface area (TPSA) is 36.0 Å². The Kier molecular flexibility index (Phi) is 6.82. The van der Waals surface area contributed by atoms with Crippen LogP contribution in [0.1, 0.15) is 44.6 Å². The van der Waals surface area contributed by atoms with E-state index in [0.29, 0.717) is 13.1 Å². The molecule has 1 aromatic rings. The highest BCUT2D eigenvalue weighted by atomic mass is 35.5. The van der Waals surface area contributed by atoms with Crippen LogP contribution >= 0.6 is 11.6 Å². The molecule has 0 aromatic heterocycles. The maximum Gasteiger partial charge on any atom is 0.425 e. The smallest absolute Gasteiger partial charge is 0.425 e. The summed E-state index contributed by atoms with van der Waals surface area (Å²) in [6.45, 7) is 6.58. The largest absolute Gasteiger partial charge is 0.437 e. The van der Waals surface area contributed by atoms with Crippen molar-refractivity contribution < 1.29 is 22.7 Å². The van der Waals surface area contributed by atoms with Gasteiger partial charge in [0.15, 0.2) is 6.10 Å². The number of hydrogen-bond donors (Lipinski definition) is 0. The lowest BCUT2D eigenvalue weighted by Gasteiger charge is -2.54. The molecule has 3 aliphatic rings. The fraction of sp³-hybridized carbons (Fsp3) is 0.696. The van der Waals surface area contributed by atoms with E-state index in [0.717, 1.165) is 57.5 Å². The molecule has 9 heteroatoms. The second-order valence-corrected chi connectivity index (χ2v) is 10.0. The number of nitrogens with zero attached hydrogens (tertiary/aromatic N) is 3. The van der Waals surface area contributed by atoms with Gasteiger partial charge in [-0.1, -0.05) is 11.6 Å². The van der Waals surface area contributed by atoms with Gasteiger partial charge in [0.2, 0.25) is 0 Å². The average Bonchev–Trinajstić information content (AvgIpc) is 2.72. The Bertz CT molecular complexity index is 813. The zero-order valence-corrected chi connectivity index (χ0v) is 19.2. The standard InChI is InChI=1S/C23H31ClF3N3O2/c1-17(23(25,26)27)32-21(31)30-9-5-22(6-10-30)15-28(16-22)14-18-11-19(24)13-20(12-18)29-7-3-2-4-8-29/h11-13,17H,2-10,14-16H2,1H3. The number of amides is 1. The maximum atomic E-state index is 12.6. The Hall–Kier alpha value is -1.67. The van der Waals surface area contributed by atoms with E-state index >= 15 is 0 Å². The molecule has 1 aromatic carbocycles. The van der Waals surface area contributed by atoms with Gasteiger partial charge in [-0.05, 0) is 68.2 Å². The Morgan fingerprint density at radius 3 is 2.38 bits per heavy atom. The summed E-state index contributed by atoms with van der Waals surface area (Å²) in [5.41, 5.74) is 2.54. The summed E-state index contributed by atoms with van der Waals surface area (Å²) in [7, 11) is 0. The summed E-state index contributed by atoms with van der Waals surface area (Å²) < 4.78 is 42.5. The maximum absolute atomic E-state index is 12.6. The van der Waals surface area contributed by atoms with Crippen LogP contribution in [0.25, 0.3) is 0 Å². The van der Waals surface area contributed by atoms with Crippen molar-refractivity contribution >= 4 is 23.4 Å². The third-order valence-electron chi connectivity index (χ3n) is 7.01. The normalized spacial score (nSPS) is 22.5. The Morgan fingerprint density at radius 2 is 1.75 bits per heavy atom. The number of halogens is 4. The molecule has 32 heavy (non-hydrogen) atoms. The van der Waals surface area contributed by atoms with Crippen LogP contribution in [0.3, 0.4) is 0 Å². The summed E-state index contributed by atoms with van der Waals surface area (Å²) >= 11 is 6.40. The van der Waals surface area contributed by atoms with Crippen molar-refractivity contribution in [2.75, 3.05) is 44.2 Å². The summed E-state index contributed by atoms with van der Waals surface area (Å²) in [4.78, 5) is 18.2. The minimum Gasteiger partial charge on any atom is -0.437 e. The van der Waals surface area contributed by atoms with E-state index in [-0.39, 0.29) is 5.41 Å². The van der Waals surface area contributed by atoms with E-state index < -0.39 is 18.4 Å². The summed E-state index contributed by atoms with van der Waals surface area (Å²) in [6, 6.07) is 6.31. The predicted molar refractivity (Wildman–Crippen MR) is 118 cm³/mol. The fourth-order valence-electron chi connectivity index (χ4n) is 5.10. The molecule has 0 N–H and O–H groups in total. The molecule has 0 radical (unpaired) electrons. The number of carbonyl (C=O) groups is 1. The molecule has 0 aliphatic carbocycles. The number of alkyl halides is 3. The van der Waals surface area contributed by atoms with Crippen LogP contribution in [0.5, 0.6) is 0 Å². The number of ether oxygens (including phenoxy) is 1. The second kappa shape index (κ2) is 9.29. The molecule has 3 fully saturated rings. The van der Waals surface area contributed by atoms with Gasteiger partial charge in [0.25, 0.3) is 0 Å². The van der Waals surface area contributed by atoms with Crippen molar-refractivity contribution in [3.63, 3.8) is 0 Å². The molecule has 5 nitrogen and oxygen atoms in total. The monoisotopic (exact) mass is 473 g/mol. The summed E-state index contributed by atoms with van der Waals surface area (Å²) in [6.07, 6.45) is -2.19. The van der Waals surface area contributed by atoms with E-state index in [9.17, 15) is 18.0 Å². The number of anilines is 1. The van der Waals surface area contributed by atoms with Crippen LogP contribution in [-0.4, -0.2) is 67.4 Å². The van der Waals surface area contributed by atoms with Gasteiger partial charge in [-0.25, -0.2) is 4.79 Å². The van der Waals surface area contributed by atoms with Gasteiger partial charge < -0.3 is 14.5 Å². The first-order chi connectivity index (χ1) is 15.1. The molecule has 1 unspecified atom stereocenters. The lowest BCUT2D eigenvalue weighted by molar-refractivity contribution is -0.200. The van der Waals surface area contributed by atoms with Crippen molar-refractivity contribution in [3.05, 3.63) is 28.8 Å². The summed E-state index contributed by atoms with van der Waals surface area (Å²) in [5.74, 6) is 0. The highest BCUT2D eigenvalue weighted by molar-refractivity contribution is 6.30. The highest BCUT2D eigenvalue weighted by Crippen LogP contribution is 2.41. The highest BCUT2D eigenvalue weighted by Gasteiger charge is 2.46. The van der Waals surface area contributed by atoms with Crippen molar-refractivity contribution in [2.45, 2.75) is 57.9 Å². The van der Waals surface area contributed by atoms with Gasteiger partial charge >= 0.3 is 12.3 Å². The second-order valence-electron chi connectivity index (χ2n) is 9.57. The van der Waals surface area contributed by atoms with Crippen LogP contribution in [0, 0.1) is 5.41 Å². The summed E-state index contributed by atoms with van der Waals surface area (Å²) in [5, 5.41) is 0.762. The molecule has 3 heterocycles. The number of carbonyl (C=O) groups excluding carboxylic acids is 1. The molecule has 0 saturated carbocycles. The van der Waals surface area contributed by atoms with E-state index in [1.807, 2.05) is 12.1 Å². The molecule has 3 saturated heterocycles. The van der Waals surface area contributed by atoms with Crippen molar-refractivity contribution in [2.24, 2.45) is 5.41 Å². The van der Waals surface area contributed by atoms with E-state index in [1.54, 1.807) is 0 Å². The van der Waals surface area contributed by atoms with Crippen molar-refractivity contribution in [1.29, 1.82) is 0 Å². The minimum atomic E-state index is -4.53. The molecule has 3 aliphatic heterocycles. The Balaban J connectivity index is 1.26. The number of rotatable bonds is 4. The minimum absolute atomic E-state index is 0.140.